The second kappa shape index (κ2) is 4.45. The zero-order valence-electron chi connectivity index (χ0n) is 8.72. The van der Waals surface area contributed by atoms with E-state index in [1.54, 1.807) is 36.0 Å². The maximum Gasteiger partial charge on any atom is 0.170 e. The molecule has 4 nitrogen and oxygen atoms in total. The van der Waals surface area contributed by atoms with Gasteiger partial charge in [-0.1, -0.05) is 11.6 Å². The Morgan fingerprint density at radius 2 is 2.06 bits per heavy atom. The molecule has 0 spiro atoms. The quantitative estimate of drug-likeness (QED) is 0.764. The number of aromatic nitrogens is 3. The maximum absolute atomic E-state index is 11.9. The van der Waals surface area contributed by atoms with Crippen molar-refractivity contribution in [3.8, 4) is 0 Å². The van der Waals surface area contributed by atoms with E-state index in [1.807, 2.05) is 0 Å². The normalized spacial score (nSPS) is 10.4. The Kier molecular flexibility index (Phi) is 3.01. The molecule has 16 heavy (non-hydrogen) atoms. The van der Waals surface area contributed by atoms with Crippen LogP contribution in [0.25, 0.3) is 0 Å². The van der Waals surface area contributed by atoms with Crippen molar-refractivity contribution in [1.82, 2.24) is 14.8 Å². The molecule has 0 bridgehead atoms. The molecule has 82 valence electrons. The van der Waals surface area contributed by atoms with Gasteiger partial charge in [-0.05, 0) is 24.3 Å². The standard InChI is InChI=1S/C11H10ClN3O/c1-15-11(13-7-14-15)6-10(16)8-2-4-9(12)5-3-8/h2-5,7H,6H2,1H3. The molecule has 1 aromatic heterocycles. The van der Waals surface area contributed by atoms with Gasteiger partial charge in [0.25, 0.3) is 0 Å². The van der Waals surface area contributed by atoms with Gasteiger partial charge in [-0.15, -0.1) is 0 Å². The van der Waals surface area contributed by atoms with Crippen molar-refractivity contribution in [2.24, 2.45) is 7.05 Å². The van der Waals surface area contributed by atoms with Crippen molar-refractivity contribution in [2.75, 3.05) is 0 Å². The van der Waals surface area contributed by atoms with Crippen molar-refractivity contribution < 1.29 is 4.79 Å². The molecule has 0 N–H and O–H groups in total. The monoisotopic (exact) mass is 235 g/mol. The van der Waals surface area contributed by atoms with Crippen LogP contribution < -0.4 is 0 Å². The van der Waals surface area contributed by atoms with Gasteiger partial charge in [0.05, 0.1) is 6.42 Å². The number of rotatable bonds is 3. The molecular formula is C11H10ClN3O. The number of hydrogen-bond acceptors (Lipinski definition) is 3. The molecule has 5 heteroatoms. The Balaban J connectivity index is 2.15. The molecule has 0 saturated carbocycles. The molecule has 1 aromatic carbocycles. The summed E-state index contributed by atoms with van der Waals surface area (Å²) in [6.45, 7) is 0. The van der Waals surface area contributed by atoms with Crippen LogP contribution in [0.3, 0.4) is 0 Å². The minimum atomic E-state index is 0.00719. The van der Waals surface area contributed by atoms with Gasteiger partial charge in [-0.3, -0.25) is 9.48 Å². The van der Waals surface area contributed by atoms with Gasteiger partial charge in [0.15, 0.2) is 5.78 Å². The Bertz CT molecular complexity index is 504. The van der Waals surface area contributed by atoms with E-state index in [0.29, 0.717) is 16.4 Å². The molecule has 0 amide bonds. The van der Waals surface area contributed by atoms with Gasteiger partial charge in [0.1, 0.15) is 12.2 Å². The summed E-state index contributed by atoms with van der Waals surface area (Å²) in [4.78, 5) is 15.9. The summed E-state index contributed by atoms with van der Waals surface area (Å²) < 4.78 is 1.59. The average Bonchev–Trinajstić information content (AvgIpc) is 2.65. The van der Waals surface area contributed by atoms with Crippen molar-refractivity contribution in [1.29, 1.82) is 0 Å². The predicted octanol–water partition coefficient (Wildman–Crippen LogP) is 1.89. The van der Waals surface area contributed by atoms with Crippen molar-refractivity contribution in [2.45, 2.75) is 6.42 Å². The molecule has 2 rings (SSSR count). The number of carbonyl (C=O) groups excluding carboxylic acids is 1. The van der Waals surface area contributed by atoms with Crippen LogP contribution in [0.1, 0.15) is 16.2 Å². The number of aryl methyl sites for hydroxylation is 1. The molecule has 1 heterocycles. The molecule has 0 atom stereocenters. The summed E-state index contributed by atoms with van der Waals surface area (Å²) >= 11 is 5.75. The minimum Gasteiger partial charge on any atom is -0.294 e. The third-order valence-electron chi connectivity index (χ3n) is 2.29. The van der Waals surface area contributed by atoms with Crippen LogP contribution in [0.5, 0.6) is 0 Å². The van der Waals surface area contributed by atoms with E-state index in [2.05, 4.69) is 10.1 Å². The highest BCUT2D eigenvalue weighted by Gasteiger charge is 2.10. The highest BCUT2D eigenvalue weighted by molar-refractivity contribution is 6.30. The summed E-state index contributed by atoms with van der Waals surface area (Å²) in [5.74, 6) is 0.660. The van der Waals surface area contributed by atoms with Crippen LogP contribution in [0.15, 0.2) is 30.6 Å². The lowest BCUT2D eigenvalue weighted by molar-refractivity contribution is 0.0989. The average molecular weight is 236 g/mol. The molecule has 0 unspecified atom stereocenters. The van der Waals surface area contributed by atoms with Gasteiger partial charge in [0.2, 0.25) is 0 Å². The number of nitrogens with zero attached hydrogens (tertiary/aromatic N) is 3. The van der Waals surface area contributed by atoms with Crippen molar-refractivity contribution >= 4 is 17.4 Å². The van der Waals surface area contributed by atoms with Crippen LogP contribution in [-0.4, -0.2) is 20.5 Å². The summed E-state index contributed by atoms with van der Waals surface area (Å²) in [5, 5.41) is 4.53. The maximum atomic E-state index is 11.9. The fourth-order valence-corrected chi connectivity index (χ4v) is 1.49. The highest BCUT2D eigenvalue weighted by atomic mass is 35.5. The van der Waals surface area contributed by atoms with Crippen LogP contribution in [0.4, 0.5) is 0 Å². The first kappa shape index (κ1) is 10.8. The number of ketones is 1. The molecule has 0 fully saturated rings. The summed E-state index contributed by atoms with van der Waals surface area (Å²) in [5.41, 5.74) is 0.632. The zero-order valence-corrected chi connectivity index (χ0v) is 9.48. The van der Waals surface area contributed by atoms with Crippen LogP contribution in [0.2, 0.25) is 5.02 Å². The van der Waals surface area contributed by atoms with Gasteiger partial charge in [-0.2, -0.15) is 5.10 Å². The van der Waals surface area contributed by atoms with Gasteiger partial charge in [-0.25, -0.2) is 4.98 Å². The molecule has 0 aliphatic heterocycles. The van der Waals surface area contributed by atoms with E-state index < -0.39 is 0 Å². The van der Waals surface area contributed by atoms with Crippen LogP contribution >= 0.6 is 11.6 Å². The van der Waals surface area contributed by atoms with E-state index in [4.69, 9.17) is 11.6 Å². The fourth-order valence-electron chi connectivity index (χ4n) is 1.36. The topological polar surface area (TPSA) is 47.8 Å². The van der Waals surface area contributed by atoms with E-state index in [0.717, 1.165) is 0 Å². The molecule has 2 aromatic rings. The Hall–Kier alpha value is -1.68. The molecule has 0 aliphatic rings. The fraction of sp³-hybridized carbons (Fsp3) is 0.182. The number of halogens is 1. The van der Waals surface area contributed by atoms with Crippen molar-refractivity contribution in [3.63, 3.8) is 0 Å². The van der Waals surface area contributed by atoms with Crippen molar-refractivity contribution in [3.05, 3.63) is 47.0 Å². The molecule has 0 aliphatic carbocycles. The second-order valence-corrected chi connectivity index (χ2v) is 3.84. The van der Waals surface area contributed by atoms with Gasteiger partial charge < -0.3 is 0 Å². The third kappa shape index (κ3) is 2.28. The van der Waals surface area contributed by atoms with Gasteiger partial charge in [0, 0.05) is 17.6 Å². The third-order valence-corrected chi connectivity index (χ3v) is 2.54. The molecule has 0 saturated heterocycles. The van der Waals surface area contributed by atoms with Crippen LogP contribution in [0, 0.1) is 0 Å². The lowest BCUT2D eigenvalue weighted by Crippen LogP contribution is -2.08. The first-order chi connectivity index (χ1) is 7.66. The largest absolute Gasteiger partial charge is 0.294 e. The summed E-state index contributed by atoms with van der Waals surface area (Å²) in [7, 11) is 1.76. The van der Waals surface area contributed by atoms with E-state index in [1.165, 1.54) is 6.33 Å². The zero-order chi connectivity index (χ0) is 11.5. The van der Waals surface area contributed by atoms with E-state index in [-0.39, 0.29) is 12.2 Å². The highest BCUT2D eigenvalue weighted by Crippen LogP contribution is 2.11. The number of Topliss-reactive ketones (excluding diaryl/α,β-unsaturated/α-hetero) is 1. The Morgan fingerprint density at radius 1 is 1.38 bits per heavy atom. The molecular weight excluding hydrogens is 226 g/mol. The van der Waals surface area contributed by atoms with E-state index >= 15 is 0 Å². The predicted molar refractivity (Wildman–Crippen MR) is 60.5 cm³/mol. The lowest BCUT2D eigenvalue weighted by atomic mass is 10.1. The Labute approximate surface area is 97.9 Å². The summed E-state index contributed by atoms with van der Waals surface area (Å²) in [6.07, 6.45) is 1.68. The van der Waals surface area contributed by atoms with Gasteiger partial charge >= 0.3 is 0 Å². The first-order valence-electron chi connectivity index (χ1n) is 4.78. The van der Waals surface area contributed by atoms with Crippen LogP contribution in [-0.2, 0) is 13.5 Å². The number of hydrogen-bond donors (Lipinski definition) is 0. The first-order valence-corrected chi connectivity index (χ1v) is 5.16. The lowest BCUT2D eigenvalue weighted by Gasteiger charge is -2.00. The smallest absolute Gasteiger partial charge is 0.170 e. The Morgan fingerprint density at radius 3 is 2.62 bits per heavy atom. The SMILES string of the molecule is Cn1ncnc1CC(=O)c1ccc(Cl)cc1. The minimum absolute atomic E-state index is 0.00719. The summed E-state index contributed by atoms with van der Waals surface area (Å²) in [6, 6.07) is 6.82. The van der Waals surface area contributed by atoms with E-state index in [9.17, 15) is 4.79 Å². The number of carbonyl (C=O) groups is 1. The number of benzene rings is 1. The second-order valence-electron chi connectivity index (χ2n) is 3.41. The molecule has 0 radical (unpaired) electrons.